The Morgan fingerprint density at radius 2 is 1.88 bits per heavy atom. The van der Waals surface area contributed by atoms with E-state index in [1.807, 2.05) is 53.2 Å². The zero-order chi connectivity index (χ0) is 21.8. The molecular weight excluding hydrogens is 511 g/mol. The number of halogens is 3. The Morgan fingerprint density at radius 1 is 1.00 bits per heavy atom. The average molecular weight is 526 g/mol. The molecule has 4 aromatic rings. The van der Waals surface area contributed by atoms with Gasteiger partial charge < -0.3 is 10.1 Å². The third-order valence-corrected chi connectivity index (χ3v) is 6.79. The van der Waals surface area contributed by atoms with E-state index in [1.165, 1.54) is 0 Å². The van der Waals surface area contributed by atoms with E-state index < -0.39 is 0 Å². The van der Waals surface area contributed by atoms with Crippen molar-refractivity contribution in [2.24, 2.45) is 0 Å². The average Bonchev–Trinajstić information content (AvgIpc) is 3.26. The minimum absolute atomic E-state index is 0.328. The molecule has 0 fully saturated rings. The van der Waals surface area contributed by atoms with Crippen molar-refractivity contribution < 1.29 is 4.74 Å². The number of aromatic nitrogens is 3. The monoisotopic (exact) mass is 524 g/mol. The van der Waals surface area contributed by atoms with Gasteiger partial charge in [0.15, 0.2) is 0 Å². The summed E-state index contributed by atoms with van der Waals surface area (Å²) in [7, 11) is 0. The second kappa shape index (κ2) is 7.66. The molecule has 0 saturated heterocycles. The Balaban J connectivity index is 1.65. The quantitative estimate of drug-likeness (QED) is 0.309. The van der Waals surface area contributed by atoms with Crippen LogP contribution in [0.15, 0.2) is 83.1 Å². The summed E-state index contributed by atoms with van der Waals surface area (Å²) in [6.45, 7) is 0. The molecule has 2 aliphatic heterocycles. The summed E-state index contributed by atoms with van der Waals surface area (Å²) >= 11 is 16.5. The van der Waals surface area contributed by atoms with E-state index in [0.29, 0.717) is 16.0 Å². The third-order valence-electron chi connectivity index (χ3n) is 5.73. The van der Waals surface area contributed by atoms with E-state index in [-0.39, 0.29) is 12.1 Å². The standard InChI is InChI=1S/C24H15BrCl2N4O/c25-14-5-3-4-13(10-14)23-20-21(17-6-1-2-7-19(17)32-23)30-24-28-12-29-31(24)22(20)16-9-8-15(26)11-18(16)27/h1-12,22-23H,(H,28,29,30)/t22-,23-/m1/s1. The van der Waals surface area contributed by atoms with Crippen molar-refractivity contribution in [3.63, 3.8) is 0 Å². The Kier molecular flexibility index (Phi) is 4.75. The molecule has 1 aromatic heterocycles. The second-order valence-corrected chi connectivity index (χ2v) is 9.36. The number of benzene rings is 3. The summed E-state index contributed by atoms with van der Waals surface area (Å²) < 4.78 is 9.42. The Hall–Kier alpha value is -2.80. The maximum atomic E-state index is 6.71. The Morgan fingerprint density at radius 3 is 2.72 bits per heavy atom. The van der Waals surface area contributed by atoms with E-state index in [9.17, 15) is 0 Å². The van der Waals surface area contributed by atoms with E-state index in [1.54, 1.807) is 12.4 Å². The number of nitrogens with zero attached hydrogens (tertiary/aromatic N) is 3. The highest BCUT2D eigenvalue weighted by molar-refractivity contribution is 9.10. The topological polar surface area (TPSA) is 52.0 Å². The SMILES string of the molecule is Clc1ccc([C@@H]2C3=C(Nc4ncnn42)c2ccccc2O[C@@H]3c2cccc(Br)c2)c(Cl)c1. The molecule has 8 heteroatoms. The smallest absolute Gasteiger partial charge is 0.226 e. The van der Waals surface area contributed by atoms with Crippen LogP contribution in [0.2, 0.25) is 10.0 Å². The van der Waals surface area contributed by atoms with Crippen molar-refractivity contribution >= 4 is 50.8 Å². The first-order valence-corrected chi connectivity index (χ1v) is 11.5. The lowest BCUT2D eigenvalue weighted by molar-refractivity contribution is 0.223. The fraction of sp³-hybridized carbons (Fsp3) is 0.0833. The molecule has 6 rings (SSSR count). The molecule has 2 atom stereocenters. The first kappa shape index (κ1) is 19.9. The lowest BCUT2D eigenvalue weighted by atomic mass is 9.84. The molecule has 158 valence electrons. The summed E-state index contributed by atoms with van der Waals surface area (Å²) in [6.07, 6.45) is 1.18. The number of rotatable bonds is 2. The van der Waals surface area contributed by atoms with Crippen molar-refractivity contribution in [3.8, 4) is 5.75 Å². The van der Waals surface area contributed by atoms with Crippen LogP contribution in [0, 0.1) is 0 Å². The van der Waals surface area contributed by atoms with Crippen LogP contribution in [0.4, 0.5) is 5.95 Å². The summed E-state index contributed by atoms with van der Waals surface area (Å²) in [6, 6.07) is 21.3. The summed E-state index contributed by atoms with van der Waals surface area (Å²) in [4.78, 5) is 4.44. The Labute approximate surface area is 202 Å². The molecule has 3 heterocycles. The number of fused-ring (bicyclic) bond motifs is 3. The predicted molar refractivity (Wildman–Crippen MR) is 129 cm³/mol. The van der Waals surface area contributed by atoms with E-state index in [4.69, 9.17) is 27.9 Å². The predicted octanol–water partition coefficient (Wildman–Crippen LogP) is 6.91. The molecule has 0 aliphatic carbocycles. The van der Waals surface area contributed by atoms with Gasteiger partial charge >= 0.3 is 0 Å². The van der Waals surface area contributed by atoms with Gasteiger partial charge in [-0.25, -0.2) is 4.68 Å². The molecule has 5 nitrogen and oxygen atoms in total. The molecule has 0 radical (unpaired) electrons. The first-order valence-electron chi connectivity index (χ1n) is 9.97. The zero-order valence-corrected chi connectivity index (χ0v) is 19.6. The zero-order valence-electron chi connectivity index (χ0n) is 16.5. The number of hydrogen-bond donors (Lipinski definition) is 1. The van der Waals surface area contributed by atoms with Gasteiger partial charge in [0.2, 0.25) is 5.95 Å². The summed E-state index contributed by atoms with van der Waals surface area (Å²) in [5.41, 5.74) is 4.82. The highest BCUT2D eigenvalue weighted by Gasteiger charge is 2.41. The van der Waals surface area contributed by atoms with Gasteiger partial charge in [0.25, 0.3) is 0 Å². The van der Waals surface area contributed by atoms with Gasteiger partial charge in [0.1, 0.15) is 24.2 Å². The minimum Gasteiger partial charge on any atom is -0.480 e. The maximum Gasteiger partial charge on any atom is 0.226 e. The van der Waals surface area contributed by atoms with Gasteiger partial charge in [-0.05, 0) is 47.5 Å². The van der Waals surface area contributed by atoms with Crippen molar-refractivity contribution in [2.45, 2.75) is 12.1 Å². The molecule has 0 spiro atoms. The molecule has 0 bridgehead atoms. The van der Waals surface area contributed by atoms with Crippen LogP contribution in [-0.4, -0.2) is 14.8 Å². The Bertz CT molecular complexity index is 1400. The molecule has 0 unspecified atom stereocenters. The van der Waals surface area contributed by atoms with Gasteiger partial charge in [0, 0.05) is 25.7 Å². The third kappa shape index (κ3) is 3.13. The van der Waals surface area contributed by atoms with Gasteiger partial charge in [-0.15, -0.1) is 0 Å². The van der Waals surface area contributed by atoms with Crippen LogP contribution in [-0.2, 0) is 0 Å². The van der Waals surface area contributed by atoms with Gasteiger partial charge in [-0.3, -0.25) is 0 Å². The van der Waals surface area contributed by atoms with Gasteiger partial charge in [0.05, 0.1) is 5.70 Å². The van der Waals surface area contributed by atoms with Crippen LogP contribution >= 0.6 is 39.1 Å². The van der Waals surface area contributed by atoms with Crippen molar-refractivity contribution in [1.82, 2.24) is 14.8 Å². The van der Waals surface area contributed by atoms with Crippen LogP contribution in [0.5, 0.6) is 5.75 Å². The van der Waals surface area contributed by atoms with Crippen LogP contribution < -0.4 is 10.1 Å². The van der Waals surface area contributed by atoms with Crippen molar-refractivity contribution in [3.05, 3.63) is 110 Å². The highest BCUT2D eigenvalue weighted by Crippen LogP contribution is 2.51. The maximum absolute atomic E-state index is 6.71. The number of nitrogens with one attached hydrogen (secondary N) is 1. The molecule has 3 aromatic carbocycles. The number of hydrogen-bond acceptors (Lipinski definition) is 4. The van der Waals surface area contributed by atoms with Gasteiger partial charge in [-0.1, -0.05) is 69.5 Å². The number of ether oxygens (including phenoxy) is 1. The van der Waals surface area contributed by atoms with Crippen LogP contribution in [0.3, 0.4) is 0 Å². The highest BCUT2D eigenvalue weighted by atomic mass is 79.9. The summed E-state index contributed by atoms with van der Waals surface area (Å²) in [5, 5.41) is 9.15. The van der Waals surface area contributed by atoms with E-state index in [2.05, 4.69) is 43.5 Å². The van der Waals surface area contributed by atoms with E-state index >= 15 is 0 Å². The lowest BCUT2D eigenvalue weighted by Gasteiger charge is -2.39. The molecule has 32 heavy (non-hydrogen) atoms. The van der Waals surface area contributed by atoms with Crippen LogP contribution in [0.1, 0.15) is 28.8 Å². The molecule has 0 saturated carbocycles. The van der Waals surface area contributed by atoms with Gasteiger partial charge in [-0.2, -0.15) is 10.1 Å². The second-order valence-electron chi connectivity index (χ2n) is 7.60. The summed E-state index contributed by atoms with van der Waals surface area (Å²) in [5.74, 6) is 1.45. The number of anilines is 1. The largest absolute Gasteiger partial charge is 0.480 e. The first-order chi connectivity index (χ1) is 15.6. The van der Waals surface area contributed by atoms with Crippen molar-refractivity contribution in [1.29, 1.82) is 0 Å². The molecule has 2 aliphatic rings. The van der Waals surface area contributed by atoms with E-state index in [0.717, 1.165) is 38.2 Å². The fourth-order valence-electron chi connectivity index (χ4n) is 4.38. The van der Waals surface area contributed by atoms with Crippen LogP contribution in [0.25, 0.3) is 5.70 Å². The number of para-hydroxylation sites is 1. The normalized spacial score (nSPS) is 18.8. The lowest BCUT2D eigenvalue weighted by Crippen LogP contribution is -2.32. The minimum atomic E-state index is -0.362. The molecular formula is C24H15BrCl2N4O. The van der Waals surface area contributed by atoms with Crippen molar-refractivity contribution in [2.75, 3.05) is 5.32 Å². The molecule has 1 N–H and O–H groups in total. The fourth-order valence-corrected chi connectivity index (χ4v) is 5.31. The molecule has 0 amide bonds.